The summed E-state index contributed by atoms with van der Waals surface area (Å²) in [5, 5.41) is 10.5. The first-order chi connectivity index (χ1) is 6.63. The summed E-state index contributed by atoms with van der Waals surface area (Å²) in [6.07, 6.45) is -0.481. The van der Waals surface area contributed by atoms with Crippen LogP contribution in [-0.4, -0.2) is 23.1 Å². The molecule has 0 aliphatic carbocycles. The van der Waals surface area contributed by atoms with Crippen LogP contribution in [0.15, 0.2) is 18.2 Å². The predicted octanol–water partition coefficient (Wildman–Crippen LogP) is 2.78. The van der Waals surface area contributed by atoms with Crippen molar-refractivity contribution in [2.45, 2.75) is 13.0 Å². The Hall–Kier alpha value is -0.250. The number of aliphatic hydroxyl groups is 1. The van der Waals surface area contributed by atoms with E-state index in [9.17, 15) is 5.11 Å². The van der Waals surface area contributed by atoms with E-state index in [1.807, 2.05) is 13.0 Å². The van der Waals surface area contributed by atoms with Gasteiger partial charge in [0.15, 0.2) is 0 Å². The Bertz CT molecular complexity index is 304. The van der Waals surface area contributed by atoms with Gasteiger partial charge in [0.2, 0.25) is 0 Å². The fraction of sp³-hybridized carbons (Fsp3) is 0.400. The van der Waals surface area contributed by atoms with Crippen LogP contribution in [0.1, 0.15) is 5.56 Å². The average molecular weight is 280 g/mol. The summed E-state index contributed by atoms with van der Waals surface area (Å²) in [5.74, 6) is 0.759. The highest BCUT2D eigenvalue weighted by Gasteiger charge is 2.04. The molecule has 1 N–H and O–H groups in total. The molecule has 0 aromatic heterocycles. The summed E-state index contributed by atoms with van der Waals surface area (Å²) < 4.78 is 5.41. The number of ether oxygens (including phenoxy) is 1. The average Bonchev–Trinajstić information content (AvgIpc) is 2.16. The van der Waals surface area contributed by atoms with Crippen molar-refractivity contribution in [2.75, 3.05) is 11.9 Å². The number of alkyl halides is 1. The number of benzene rings is 1. The van der Waals surface area contributed by atoms with Crippen LogP contribution in [0.2, 0.25) is 5.02 Å². The van der Waals surface area contributed by atoms with Crippen LogP contribution in [0.25, 0.3) is 0 Å². The van der Waals surface area contributed by atoms with E-state index in [4.69, 9.17) is 16.3 Å². The quantitative estimate of drug-likeness (QED) is 0.859. The van der Waals surface area contributed by atoms with Gasteiger partial charge in [-0.05, 0) is 30.7 Å². The highest BCUT2D eigenvalue weighted by atomic mass is 79.9. The Labute approximate surface area is 97.0 Å². The smallest absolute Gasteiger partial charge is 0.122 e. The number of hydrogen-bond acceptors (Lipinski definition) is 2. The predicted molar refractivity (Wildman–Crippen MR) is 61.5 cm³/mol. The Kier molecular flexibility index (Phi) is 4.72. The molecule has 0 bridgehead atoms. The van der Waals surface area contributed by atoms with E-state index < -0.39 is 6.10 Å². The zero-order valence-electron chi connectivity index (χ0n) is 7.84. The summed E-state index contributed by atoms with van der Waals surface area (Å²) in [5.41, 5.74) is 0.972. The van der Waals surface area contributed by atoms with Gasteiger partial charge in [0.25, 0.3) is 0 Å². The largest absolute Gasteiger partial charge is 0.491 e. The molecule has 0 heterocycles. The first-order valence-electron chi connectivity index (χ1n) is 4.26. The molecule has 0 saturated heterocycles. The number of hydrogen-bond donors (Lipinski definition) is 1. The van der Waals surface area contributed by atoms with E-state index >= 15 is 0 Å². The Balaban J connectivity index is 2.59. The molecule has 78 valence electrons. The third-order valence-electron chi connectivity index (χ3n) is 1.75. The van der Waals surface area contributed by atoms with Gasteiger partial charge < -0.3 is 9.84 Å². The molecule has 0 aliphatic heterocycles. The molecule has 1 aromatic carbocycles. The van der Waals surface area contributed by atoms with E-state index in [0.717, 1.165) is 11.3 Å². The summed E-state index contributed by atoms with van der Waals surface area (Å²) in [7, 11) is 0. The normalized spacial score (nSPS) is 12.6. The van der Waals surface area contributed by atoms with Gasteiger partial charge in [0.1, 0.15) is 12.4 Å². The van der Waals surface area contributed by atoms with E-state index in [-0.39, 0.29) is 6.61 Å². The number of halogens is 2. The molecule has 0 radical (unpaired) electrons. The minimum atomic E-state index is -0.481. The third-order valence-corrected chi connectivity index (χ3v) is 2.73. The maximum atomic E-state index is 9.27. The van der Waals surface area contributed by atoms with Gasteiger partial charge in [0.05, 0.1) is 6.10 Å². The fourth-order valence-corrected chi connectivity index (χ4v) is 1.42. The van der Waals surface area contributed by atoms with Gasteiger partial charge in [-0.25, -0.2) is 0 Å². The van der Waals surface area contributed by atoms with Crippen LogP contribution < -0.4 is 4.74 Å². The lowest BCUT2D eigenvalue weighted by Crippen LogP contribution is -2.18. The van der Waals surface area contributed by atoms with Crippen LogP contribution in [0.4, 0.5) is 0 Å². The minimum absolute atomic E-state index is 0.285. The molecule has 1 aromatic rings. The second-order valence-corrected chi connectivity index (χ2v) is 4.11. The molecule has 0 spiro atoms. The SMILES string of the molecule is Cc1cc(Cl)ccc1OCC(O)CBr. The van der Waals surface area contributed by atoms with Gasteiger partial charge in [-0.2, -0.15) is 0 Å². The molecular weight excluding hydrogens is 267 g/mol. The molecule has 1 atom stereocenters. The van der Waals surface area contributed by atoms with E-state index in [0.29, 0.717) is 10.4 Å². The zero-order valence-corrected chi connectivity index (χ0v) is 10.2. The monoisotopic (exact) mass is 278 g/mol. The highest BCUT2D eigenvalue weighted by molar-refractivity contribution is 9.09. The first-order valence-corrected chi connectivity index (χ1v) is 5.76. The molecule has 0 fully saturated rings. The van der Waals surface area contributed by atoms with Gasteiger partial charge in [-0.1, -0.05) is 27.5 Å². The summed E-state index contributed by atoms with van der Waals surface area (Å²) in [6, 6.07) is 5.40. The molecule has 1 unspecified atom stereocenters. The molecule has 2 nitrogen and oxygen atoms in total. The second kappa shape index (κ2) is 5.59. The van der Waals surface area contributed by atoms with Crippen molar-refractivity contribution in [1.29, 1.82) is 0 Å². The molecule has 1 rings (SSSR count). The van der Waals surface area contributed by atoms with Crippen molar-refractivity contribution in [2.24, 2.45) is 0 Å². The third kappa shape index (κ3) is 3.48. The lowest BCUT2D eigenvalue weighted by molar-refractivity contribution is 0.127. The molecule has 14 heavy (non-hydrogen) atoms. The van der Waals surface area contributed by atoms with E-state index in [1.54, 1.807) is 12.1 Å². The van der Waals surface area contributed by atoms with Crippen LogP contribution >= 0.6 is 27.5 Å². The molecule has 0 amide bonds. The van der Waals surface area contributed by atoms with Crippen molar-refractivity contribution in [3.05, 3.63) is 28.8 Å². The lowest BCUT2D eigenvalue weighted by atomic mass is 10.2. The van der Waals surface area contributed by atoms with Gasteiger partial charge in [-0.15, -0.1) is 0 Å². The maximum Gasteiger partial charge on any atom is 0.122 e. The summed E-state index contributed by atoms with van der Waals surface area (Å²) in [6.45, 7) is 2.20. The van der Waals surface area contributed by atoms with Crippen LogP contribution in [0.3, 0.4) is 0 Å². The molecule has 4 heteroatoms. The lowest BCUT2D eigenvalue weighted by Gasteiger charge is -2.11. The van der Waals surface area contributed by atoms with Crippen molar-refractivity contribution < 1.29 is 9.84 Å². The molecule has 0 saturated carbocycles. The minimum Gasteiger partial charge on any atom is -0.491 e. The van der Waals surface area contributed by atoms with Crippen molar-refractivity contribution in [3.8, 4) is 5.75 Å². The number of rotatable bonds is 4. The Morgan fingerprint density at radius 1 is 1.57 bits per heavy atom. The van der Waals surface area contributed by atoms with E-state index in [1.165, 1.54) is 0 Å². The van der Waals surface area contributed by atoms with Gasteiger partial charge in [-0.3, -0.25) is 0 Å². The fourth-order valence-electron chi connectivity index (χ4n) is 1.01. The molecular formula is C10H12BrClO2. The summed E-state index contributed by atoms with van der Waals surface area (Å²) in [4.78, 5) is 0. The summed E-state index contributed by atoms with van der Waals surface area (Å²) >= 11 is 8.96. The van der Waals surface area contributed by atoms with Crippen molar-refractivity contribution >= 4 is 27.5 Å². The zero-order chi connectivity index (χ0) is 10.6. The van der Waals surface area contributed by atoms with E-state index in [2.05, 4.69) is 15.9 Å². The van der Waals surface area contributed by atoms with Crippen LogP contribution in [0.5, 0.6) is 5.75 Å². The van der Waals surface area contributed by atoms with Gasteiger partial charge in [0, 0.05) is 10.4 Å². The Morgan fingerprint density at radius 3 is 2.86 bits per heavy atom. The molecule has 0 aliphatic rings. The Morgan fingerprint density at radius 2 is 2.29 bits per heavy atom. The maximum absolute atomic E-state index is 9.27. The first kappa shape index (κ1) is 11.8. The standard InChI is InChI=1S/C10H12BrClO2/c1-7-4-8(12)2-3-10(7)14-6-9(13)5-11/h2-4,9,13H,5-6H2,1H3. The second-order valence-electron chi connectivity index (χ2n) is 3.03. The van der Waals surface area contributed by atoms with Crippen molar-refractivity contribution in [3.63, 3.8) is 0 Å². The van der Waals surface area contributed by atoms with Gasteiger partial charge >= 0.3 is 0 Å². The topological polar surface area (TPSA) is 29.5 Å². The van der Waals surface area contributed by atoms with Crippen molar-refractivity contribution in [1.82, 2.24) is 0 Å². The number of aliphatic hydroxyl groups excluding tert-OH is 1. The highest BCUT2D eigenvalue weighted by Crippen LogP contribution is 2.21. The van der Waals surface area contributed by atoms with Crippen LogP contribution in [-0.2, 0) is 0 Å². The van der Waals surface area contributed by atoms with Crippen LogP contribution in [0, 0.1) is 6.92 Å². The number of aryl methyl sites for hydroxylation is 1.